The van der Waals surface area contributed by atoms with Crippen molar-refractivity contribution in [3.63, 3.8) is 0 Å². The Labute approximate surface area is 184 Å². The molecule has 9 heteroatoms. The van der Waals surface area contributed by atoms with E-state index in [4.69, 9.17) is 16.0 Å². The van der Waals surface area contributed by atoms with Crippen molar-refractivity contribution in [1.82, 2.24) is 19.9 Å². The van der Waals surface area contributed by atoms with Gasteiger partial charge in [-0.15, -0.1) is 0 Å². The van der Waals surface area contributed by atoms with Crippen LogP contribution in [0.3, 0.4) is 0 Å². The van der Waals surface area contributed by atoms with Crippen LogP contribution < -0.4 is 11.5 Å². The summed E-state index contributed by atoms with van der Waals surface area (Å²) < 4.78 is 7.19. The largest absolute Gasteiger partial charge is 0.366 e. The zero-order chi connectivity index (χ0) is 23.2. The maximum absolute atomic E-state index is 12.6. The number of nitrogens with zero attached hydrogens (tertiary/aromatic N) is 4. The molecule has 0 atom stereocenters. The first kappa shape index (κ1) is 21.2. The van der Waals surface area contributed by atoms with Gasteiger partial charge in [0.2, 0.25) is 5.91 Å². The monoisotopic (exact) mass is 432 g/mol. The molecule has 4 rings (SSSR count). The summed E-state index contributed by atoms with van der Waals surface area (Å²) in [6.07, 6.45) is 0. The molecule has 4 aromatic rings. The second-order valence-electron chi connectivity index (χ2n) is 8.03. The molecule has 3 heterocycles. The number of primary amides is 2. The van der Waals surface area contributed by atoms with Crippen molar-refractivity contribution < 1.29 is 14.1 Å². The Hall–Kier alpha value is -4.01. The summed E-state index contributed by atoms with van der Waals surface area (Å²) in [5, 5.41) is 9.25. The quantitative estimate of drug-likeness (QED) is 0.479. The van der Waals surface area contributed by atoms with Crippen LogP contribution in [0, 0.1) is 13.8 Å². The molecule has 0 radical (unpaired) electrons. The van der Waals surface area contributed by atoms with Gasteiger partial charge in [0.25, 0.3) is 5.91 Å². The van der Waals surface area contributed by atoms with Gasteiger partial charge in [0.15, 0.2) is 5.76 Å². The van der Waals surface area contributed by atoms with Crippen molar-refractivity contribution in [2.75, 3.05) is 0 Å². The zero-order valence-corrected chi connectivity index (χ0v) is 18.3. The Kier molecular flexibility index (Phi) is 5.25. The average molecular weight is 432 g/mol. The minimum atomic E-state index is -0.753. The minimum absolute atomic E-state index is 0.0231. The SMILES string of the molecule is Cc1nn(Cc2cc(C(C)C)no2)c(C)c1-c1c(C(N)=O)nc2ccccc2c1C(N)=O. The zero-order valence-electron chi connectivity index (χ0n) is 18.3. The first-order valence-electron chi connectivity index (χ1n) is 10.2. The van der Waals surface area contributed by atoms with E-state index in [1.54, 1.807) is 35.9 Å². The fraction of sp³-hybridized carbons (Fsp3) is 0.261. The molecule has 0 saturated heterocycles. The van der Waals surface area contributed by atoms with Crippen LogP contribution in [-0.4, -0.2) is 31.7 Å². The number of para-hydroxylation sites is 1. The lowest BCUT2D eigenvalue weighted by atomic mass is 9.92. The van der Waals surface area contributed by atoms with E-state index < -0.39 is 11.8 Å². The molecule has 4 N–H and O–H groups in total. The highest BCUT2D eigenvalue weighted by molar-refractivity contribution is 6.15. The molecule has 0 spiro atoms. The van der Waals surface area contributed by atoms with Crippen molar-refractivity contribution in [3.05, 3.63) is 64.4 Å². The average Bonchev–Trinajstić information content (AvgIpc) is 3.31. The van der Waals surface area contributed by atoms with Crippen molar-refractivity contribution in [2.24, 2.45) is 11.5 Å². The molecule has 164 valence electrons. The van der Waals surface area contributed by atoms with Crippen LogP contribution in [0.5, 0.6) is 0 Å². The first-order valence-corrected chi connectivity index (χ1v) is 10.2. The predicted molar refractivity (Wildman–Crippen MR) is 119 cm³/mol. The molecule has 2 amide bonds. The van der Waals surface area contributed by atoms with Gasteiger partial charge in [-0.1, -0.05) is 37.2 Å². The number of benzene rings is 1. The number of amides is 2. The highest BCUT2D eigenvalue weighted by Crippen LogP contribution is 2.36. The first-order chi connectivity index (χ1) is 15.2. The van der Waals surface area contributed by atoms with Gasteiger partial charge in [0.1, 0.15) is 12.2 Å². The van der Waals surface area contributed by atoms with Crippen LogP contribution in [0.4, 0.5) is 0 Å². The lowest BCUT2D eigenvalue weighted by Gasteiger charge is -2.14. The Morgan fingerprint density at radius 3 is 2.44 bits per heavy atom. The van der Waals surface area contributed by atoms with Crippen LogP contribution in [0.2, 0.25) is 0 Å². The van der Waals surface area contributed by atoms with Crippen molar-refractivity contribution in [3.8, 4) is 11.1 Å². The third kappa shape index (κ3) is 3.51. The van der Waals surface area contributed by atoms with Crippen LogP contribution in [0.25, 0.3) is 22.0 Å². The molecule has 0 bridgehead atoms. The number of hydrogen-bond acceptors (Lipinski definition) is 6. The smallest absolute Gasteiger partial charge is 0.267 e. The number of rotatable bonds is 6. The highest BCUT2D eigenvalue weighted by Gasteiger charge is 2.27. The number of nitrogens with two attached hydrogens (primary N) is 2. The molecule has 0 fully saturated rings. The number of pyridine rings is 1. The molecule has 0 saturated carbocycles. The number of carbonyl (C=O) groups is 2. The molecule has 3 aromatic heterocycles. The lowest BCUT2D eigenvalue weighted by Crippen LogP contribution is -2.21. The molecule has 0 aliphatic carbocycles. The van der Waals surface area contributed by atoms with Crippen molar-refractivity contribution in [2.45, 2.75) is 40.2 Å². The summed E-state index contributed by atoms with van der Waals surface area (Å²) in [6.45, 7) is 8.05. The van der Waals surface area contributed by atoms with E-state index in [9.17, 15) is 9.59 Å². The molecule has 0 unspecified atom stereocenters. The number of fused-ring (bicyclic) bond motifs is 1. The van der Waals surface area contributed by atoms with Crippen LogP contribution in [0.1, 0.15) is 63.5 Å². The summed E-state index contributed by atoms with van der Waals surface area (Å²) in [4.78, 5) is 29.4. The summed E-state index contributed by atoms with van der Waals surface area (Å²) in [5.74, 6) is -0.544. The fourth-order valence-corrected chi connectivity index (χ4v) is 3.93. The van der Waals surface area contributed by atoms with E-state index in [-0.39, 0.29) is 17.2 Å². The topological polar surface area (TPSA) is 143 Å². The lowest BCUT2D eigenvalue weighted by molar-refractivity contribution is 0.0996. The predicted octanol–water partition coefficient (Wildman–Crippen LogP) is 3.07. The number of aromatic nitrogens is 4. The molecular formula is C23H24N6O3. The molecule has 1 aromatic carbocycles. The Balaban J connectivity index is 1.94. The second kappa shape index (κ2) is 7.92. The van der Waals surface area contributed by atoms with Gasteiger partial charge in [-0.3, -0.25) is 14.3 Å². The molecule has 0 aliphatic heterocycles. The van der Waals surface area contributed by atoms with E-state index in [0.29, 0.717) is 45.7 Å². The molecule has 9 nitrogen and oxygen atoms in total. The molecule has 0 aliphatic rings. The van der Waals surface area contributed by atoms with Gasteiger partial charge in [0, 0.05) is 28.3 Å². The van der Waals surface area contributed by atoms with Crippen molar-refractivity contribution >= 4 is 22.7 Å². The van der Waals surface area contributed by atoms with Gasteiger partial charge < -0.3 is 16.0 Å². The third-order valence-electron chi connectivity index (χ3n) is 5.48. The summed E-state index contributed by atoms with van der Waals surface area (Å²) >= 11 is 0. The number of hydrogen-bond donors (Lipinski definition) is 2. The minimum Gasteiger partial charge on any atom is -0.366 e. The van der Waals surface area contributed by atoms with E-state index in [2.05, 4.69) is 15.2 Å². The summed E-state index contributed by atoms with van der Waals surface area (Å²) in [5.41, 5.74) is 15.1. The molecule has 32 heavy (non-hydrogen) atoms. The van der Waals surface area contributed by atoms with E-state index in [1.165, 1.54) is 0 Å². The van der Waals surface area contributed by atoms with Gasteiger partial charge in [0.05, 0.1) is 22.5 Å². The normalized spacial score (nSPS) is 11.4. The third-order valence-corrected chi connectivity index (χ3v) is 5.48. The van der Waals surface area contributed by atoms with Gasteiger partial charge in [-0.05, 0) is 25.8 Å². The van der Waals surface area contributed by atoms with Gasteiger partial charge in [-0.25, -0.2) is 4.98 Å². The van der Waals surface area contributed by atoms with Gasteiger partial charge >= 0.3 is 0 Å². The maximum atomic E-state index is 12.6. The van der Waals surface area contributed by atoms with E-state index in [0.717, 1.165) is 5.69 Å². The van der Waals surface area contributed by atoms with Crippen LogP contribution in [-0.2, 0) is 6.54 Å². The van der Waals surface area contributed by atoms with Crippen LogP contribution in [0.15, 0.2) is 34.9 Å². The van der Waals surface area contributed by atoms with E-state index in [1.807, 2.05) is 26.8 Å². The van der Waals surface area contributed by atoms with E-state index >= 15 is 0 Å². The standard InChI is InChI=1S/C23H24N6O3/c1-11(2)17-9-14(32-28-17)10-29-13(4)18(12(3)27-29)20-19(22(24)30)15-7-5-6-8-16(15)26-21(20)23(25)31/h5-9,11H,10H2,1-4H3,(H2,24,30)(H2,25,31). The number of aryl methyl sites for hydroxylation is 1. The second-order valence-corrected chi connectivity index (χ2v) is 8.03. The van der Waals surface area contributed by atoms with Gasteiger partial charge in [-0.2, -0.15) is 5.10 Å². The fourth-order valence-electron chi connectivity index (χ4n) is 3.93. The Morgan fingerprint density at radius 1 is 1.09 bits per heavy atom. The summed E-state index contributed by atoms with van der Waals surface area (Å²) in [6, 6.07) is 8.89. The van der Waals surface area contributed by atoms with Crippen LogP contribution >= 0.6 is 0 Å². The summed E-state index contributed by atoms with van der Waals surface area (Å²) in [7, 11) is 0. The maximum Gasteiger partial charge on any atom is 0.267 e. The number of carbonyl (C=O) groups excluding carboxylic acids is 2. The highest BCUT2D eigenvalue weighted by atomic mass is 16.5. The molecular weight excluding hydrogens is 408 g/mol. The Morgan fingerprint density at radius 2 is 1.81 bits per heavy atom. The van der Waals surface area contributed by atoms with Crippen molar-refractivity contribution in [1.29, 1.82) is 0 Å². The Bertz CT molecular complexity index is 1370.